The smallest absolute Gasteiger partial charge is 0.0346 e. The zero-order valence-electron chi connectivity index (χ0n) is 12.7. The number of nitrogens with zero attached hydrogens (tertiary/aromatic N) is 1. The fraction of sp³-hybridized carbons (Fsp3) is 0.667. The van der Waals surface area contributed by atoms with Crippen molar-refractivity contribution in [3.63, 3.8) is 0 Å². The molecule has 1 aromatic rings. The van der Waals surface area contributed by atoms with E-state index in [2.05, 4.69) is 47.5 Å². The first-order valence-electron chi connectivity index (χ1n) is 8.39. The average Bonchev–Trinajstić information content (AvgIpc) is 3.14. The molecule has 0 aromatic heterocycles. The SMILES string of the molecule is CCC(c1ccccc1)N(CC1CC1)CC1CCCN1. The van der Waals surface area contributed by atoms with Crippen LogP contribution in [0.2, 0.25) is 0 Å². The molecule has 2 unspecified atom stereocenters. The highest BCUT2D eigenvalue weighted by atomic mass is 15.2. The molecule has 3 rings (SSSR count). The third kappa shape index (κ3) is 3.62. The van der Waals surface area contributed by atoms with E-state index in [4.69, 9.17) is 0 Å². The molecule has 2 nitrogen and oxygen atoms in total. The van der Waals surface area contributed by atoms with Crippen LogP contribution in [-0.4, -0.2) is 30.6 Å². The Kier molecular flexibility index (Phi) is 4.74. The molecule has 1 heterocycles. The normalized spacial score (nSPS) is 24.2. The van der Waals surface area contributed by atoms with Gasteiger partial charge in [-0.2, -0.15) is 0 Å². The Morgan fingerprint density at radius 1 is 1.15 bits per heavy atom. The monoisotopic (exact) mass is 272 g/mol. The van der Waals surface area contributed by atoms with Crippen LogP contribution in [0.3, 0.4) is 0 Å². The summed E-state index contributed by atoms with van der Waals surface area (Å²) in [4.78, 5) is 2.76. The maximum atomic E-state index is 3.67. The summed E-state index contributed by atoms with van der Waals surface area (Å²) in [5, 5.41) is 3.67. The lowest BCUT2D eigenvalue weighted by Crippen LogP contribution is -2.40. The Balaban J connectivity index is 1.71. The highest BCUT2D eigenvalue weighted by Crippen LogP contribution is 2.34. The van der Waals surface area contributed by atoms with Crippen LogP contribution < -0.4 is 5.32 Å². The summed E-state index contributed by atoms with van der Waals surface area (Å²) in [6.45, 7) is 6.07. The zero-order chi connectivity index (χ0) is 13.8. The van der Waals surface area contributed by atoms with Crippen molar-refractivity contribution >= 4 is 0 Å². The van der Waals surface area contributed by atoms with Crippen LogP contribution in [0.15, 0.2) is 30.3 Å². The molecule has 0 spiro atoms. The molecule has 1 saturated heterocycles. The predicted octanol–water partition coefficient (Wildman–Crippen LogP) is 3.60. The first kappa shape index (κ1) is 14.1. The zero-order valence-corrected chi connectivity index (χ0v) is 12.7. The van der Waals surface area contributed by atoms with E-state index in [1.165, 1.54) is 57.3 Å². The Hall–Kier alpha value is -0.860. The second kappa shape index (κ2) is 6.73. The van der Waals surface area contributed by atoms with Crippen molar-refractivity contribution in [1.82, 2.24) is 10.2 Å². The number of rotatable bonds is 7. The summed E-state index contributed by atoms with van der Waals surface area (Å²) < 4.78 is 0. The van der Waals surface area contributed by atoms with Gasteiger partial charge in [-0.1, -0.05) is 37.3 Å². The second-order valence-corrected chi connectivity index (χ2v) is 6.53. The fourth-order valence-corrected chi connectivity index (χ4v) is 3.54. The largest absolute Gasteiger partial charge is 0.313 e. The lowest BCUT2D eigenvalue weighted by Gasteiger charge is -2.33. The molecule has 20 heavy (non-hydrogen) atoms. The molecule has 2 fully saturated rings. The molecule has 2 atom stereocenters. The van der Waals surface area contributed by atoms with Crippen molar-refractivity contribution in [2.24, 2.45) is 5.92 Å². The van der Waals surface area contributed by atoms with Gasteiger partial charge in [-0.3, -0.25) is 4.90 Å². The molecule has 1 saturated carbocycles. The van der Waals surface area contributed by atoms with Gasteiger partial charge in [0.05, 0.1) is 0 Å². The number of hydrogen-bond donors (Lipinski definition) is 1. The molecule has 2 aliphatic rings. The van der Waals surface area contributed by atoms with Crippen LogP contribution in [0.1, 0.15) is 50.6 Å². The Labute approximate surface area is 123 Å². The van der Waals surface area contributed by atoms with Gasteiger partial charge in [0, 0.05) is 25.2 Å². The molecule has 110 valence electrons. The van der Waals surface area contributed by atoms with E-state index in [-0.39, 0.29) is 0 Å². The minimum Gasteiger partial charge on any atom is -0.313 e. The molecule has 0 radical (unpaired) electrons. The Morgan fingerprint density at radius 3 is 2.55 bits per heavy atom. The maximum Gasteiger partial charge on any atom is 0.0346 e. The van der Waals surface area contributed by atoms with E-state index in [9.17, 15) is 0 Å². The molecule has 0 bridgehead atoms. The van der Waals surface area contributed by atoms with Crippen LogP contribution in [0.5, 0.6) is 0 Å². The first-order valence-corrected chi connectivity index (χ1v) is 8.39. The van der Waals surface area contributed by atoms with Gasteiger partial charge in [0.2, 0.25) is 0 Å². The van der Waals surface area contributed by atoms with Crippen molar-refractivity contribution in [2.75, 3.05) is 19.6 Å². The lowest BCUT2D eigenvalue weighted by atomic mass is 10.0. The van der Waals surface area contributed by atoms with Gasteiger partial charge < -0.3 is 5.32 Å². The molecule has 0 amide bonds. The van der Waals surface area contributed by atoms with Crippen LogP contribution >= 0.6 is 0 Å². The molecular weight excluding hydrogens is 244 g/mol. The van der Waals surface area contributed by atoms with Gasteiger partial charge in [0.15, 0.2) is 0 Å². The standard InChI is InChI=1S/C18H28N2/c1-2-18(16-7-4-3-5-8-16)20(13-15-10-11-15)14-17-9-6-12-19-17/h3-5,7-8,15,17-19H,2,6,9-14H2,1H3. The van der Waals surface area contributed by atoms with Gasteiger partial charge in [-0.05, 0) is 50.1 Å². The average molecular weight is 272 g/mol. The first-order chi connectivity index (χ1) is 9.86. The van der Waals surface area contributed by atoms with Crippen LogP contribution in [0.25, 0.3) is 0 Å². The van der Waals surface area contributed by atoms with Gasteiger partial charge in [-0.15, -0.1) is 0 Å². The van der Waals surface area contributed by atoms with Gasteiger partial charge >= 0.3 is 0 Å². The van der Waals surface area contributed by atoms with Crippen LogP contribution in [0.4, 0.5) is 0 Å². The summed E-state index contributed by atoms with van der Waals surface area (Å²) in [7, 11) is 0. The summed E-state index contributed by atoms with van der Waals surface area (Å²) >= 11 is 0. The van der Waals surface area contributed by atoms with Gasteiger partial charge in [0.25, 0.3) is 0 Å². The maximum absolute atomic E-state index is 3.67. The quantitative estimate of drug-likeness (QED) is 0.816. The number of nitrogens with one attached hydrogen (secondary N) is 1. The highest BCUT2D eigenvalue weighted by Gasteiger charge is 2.30. The molecule has 2 heteroatoms. The Bertz CT molecular complexity index is 393. The summed E-state index contributed by atoms with van der Waals surface area (Å²) in [5.41, 5.74) is 1.49. The van der Waals surface area contributed by atoms with Gasteiger partial charge in [0.1, 0.15) is 0 Å². The lowest BCUT2D eigenvalue weighted by molar-refractivity contribution is 0.168. The Morgan fingerprint density at radius 2 is 1.95 bits per heavy atom. The summed E-state index contributed by atoms with van der Waals surface area (Å²) in [6.07, 6.45) is 6.81. The molecule has 1 aliphatic heterocycles. The number of benzene rings is 1. The predicted molar refractivity (Wildman–Crippen MR) is 84.8 cm³/mol. The minimum absolute atomic E-state index is 0.596. The molecule has 1 aromatic carbocycles. The van der Waals surface area contributed by atoms with E-state index >= 15 is 0 Å². The van der Waals surface area contributed by atoms with Crippen molar-refractivity contribution in [3.8, 4) is 0 Å². The van der Waals surface area contributed by atoms with E-state index in [1.807, 2.05) is 0 Å². The topological polar surface area (TPSA) is 15.3 Å². The van der Waals surface area contributed by atoms with E-state index in [1.54, 1.807) is 0 Å². The van der Waals surface area contributed by atoms with Crippen LogP contribution in [0, 0.1) is 5.92 Å². The molecular formula is C18H28N2. The van der Waals surface area contributed by atoms with Crippen molar-refractivity contribution in [3.05, 3.63) is 35.9 Å². The fourth-order valence-electron chi connectivity index (χ4n) is 3.54. The summed E-state index contributed by atoms with van der Waals surface area (Å²) in [6, 6.07) is 12.4. The summed E-state index contributed by atoms with van der Waals surface area (Å²) in [5.74, 6) is 0.967. The molecule has 1 N–H and O–H groups in total. The minimum atomic E-state index is 0.596. The third-order valence-electron chi connectivity index (χ3n) is 4.82. The van der Waals surface area contributed by atoms with E-state index < -0.39 is 0 Å². The number of hydrogen-bond acceptors (Lipinski definition) is 2. The second-order valence-electron chi connectivity index (χ2n) is 6.53. The van der Waals surface area contributed by atoms with Crippen molar-refractivity contribution in [2.45, 2.75) is 51.1 Å². The van der Waals surface area contributed by atoms with Crippen LogP contribution in [-0.2, 0) is 0 Å². The third-order valence-corrected chi connectivity index (χ3v) is 4.82. The van der Waals surface area contributed by atoms with E-state index in [0.29, 0.717) is 12.1 Å². The van der Waals surface area contributed by atoms with E-state index in [0.717, 1.165) is 5.92 Å². The van der Waals surface area contributed by atoms with Gasteiger partial charge in [-0.25, -0.2) is 0 Å². The highest BCUT2D eigenvalue weighted by molar-refractivity contribution is 5.19. The van der Waals surface area contributed by atoms with Crippen molar-refractivity contribution in [1.29, 1.82) is 0 Å². The van der Waals surface area contributed by atoms with Crippen molar-refractivity contribution < 1.29 is 0 Å². The molecule has 1 aliphatic carbocycles.